The predicted molar refractivity (Wildman–Crippen MR) is 77.8 cm³/mol. The van der Waals surface area contributed by atoms with Crippen molar-refractivity contribution in [2.24, 2.45) is 0 Å². The summed E-state index contributed by atoms with van der Waals surface area (Å²) in [5.41, 5.74) is 1.92. The monoisotopic (exact) mass is 289 g/mol. The van der Waals surface area contributed by atoms with E-state index in [0.717, 1.165) is 5.56 Å². The molecule has 0 saturated heterocycles. The molecule has 1 aromatic rings. The number of ether oxygens (including phenoxy) is 2. The van der Waals surface area contributed by atoms with Crippen molar-refractivity contribution < 1.29 is 19.1 Å². The Bertz CT molecular complexity index is 592. The van der Waals surface area contributed by atoms with Crippen LogP contribution in [0.25, 0.3) is 0 Å². The van der Waals surface area contributed by atoms with Crippen LogP contribution in [0.15, 0.2) is 35.5 Å². The molecule has 1 amide bonds. The van der Waals surface area contributed by atoms with Gasteiger partial charge in [-0.3, -0.25) is 4.79 Å². The number of amides is 1. The molecule has 0 spiro atoms. The van der Waals surface area contributed by atoms with Gasteiger partial charge >= 0.3 is 5.97 Å². The molecular formula is C16H19NO4. The van der Waals surface area contributed by atoms with Gasteiger partial charge in [0.05, 0.1) is 19.3 Å². The van der Waals surface area contributed by atoms with E-state index in [0.29, 0.717) is 23.6 Å². The molecule has 112 valence electrons. The first-order valence-electron chi connectivity index (χ1n) is 6.88. The average Bonchev–Trinajstić information content (AvgIpc) is 2.46. The van der Waals surface area contributed by atoms with Gasteiger partial charge in [-0.2, -0.15) is 0 Å². The van der Waals surface area contributed by atoms with Crippen LogP contribution < -0.4 is 10.1 Å². The topological polar surface area (TPSA) is 64.6 Å². The number of allylic oxidation sites excluding steroid dienone is 1. The molecular weight excluding hydrogens is 270 g/mol. The van der Waals surface area contributed by atoms with E-state index in [1.807, 2.05) is 24.3 Å². The van der Waals surface area contributed by atoms with Crippen LogP contribution in [0.5, 0.6) is 5.75 Å². The molecule has 1 aliphatic rings. The summed E-state index contributed by atoms with van der Waals surface area (Å²) in [4.78, 5) is 24.0. The second-order valence-electron chi connectivity index (χ2n) is 4.84. The van der Waals surface area contributed by atoms with Crippen LogP contribution in [-0.2, 0) is 14.3 Å². The SMILES string of the molecule is CCOC(=O)C1=C(C)NC(=O)CC1c1cccc(OC)c1. The van der Waals surface area contributed by atoms with Gasteiger partial charge in [-0.15, -0.1) is 0 Å². The third-order valence-corrected chi connectivity index (χ3v) is 3.46. The molecule has 5 heteroatoms. The second kappa shape index (κ2) is 6.43. The molecule has 1 unspecified atom stereocenters. The number of carbonyl (C=O) groups is 2. The Morgan fingerprint density at radius 3 is 2.86 bits per heavy atom. The van der Waals surface area contributed by atoms with Crippen LogP contribution in [-0.4, -0.2) is 25.6 Å². The molecule has 0 bridgehead atoms. The highest BCUT2D eigenvalue weighted by Gasteiger charge is 2.32. The second-order valence-corrected chi connectivity index (χ2v) is 4.84. The summed E-state index contributed by atoms with van der Waals surface area (Å²) < 4.78 is 10.3. The van der Waals surface area contributed by atoms with E-state index in [9.17, 15) is 9.59 Å². The van der Waals surface area contributed by atoms with Gasteiger partial charge < -0.3 is 14.8 Å². The van der Waals surface area contributed by atoms with Gasteiger partial charge in [0.25, 0.3) is 0 Å². The summed E-state index contributed by atoms with van der Waals surface area (Å²) in [5.74, 6) is -0.108. The molecule has 1 atom stereocenters. The normalized spacial score (nSPS) is 18.2. The van der Waals surface area contributed by atoms with E-state index >= 15 is 0 Å². The molecule has 1 aliphatic heterocycles. The Kier molecular flexibility index (Phi) is 4.62. The summed E-state index contributed by atoms with van der Waals surface area (Å²) in [6.07, 6.45) is 0.221. The number of hydrogen-bond acceptors (Lipinski definition) is 4. The van der Waals surface area contributed by atoms with Crippen LogP contribution in [0.4, 0.5) is 0 Å². The highest BCUT2D eigenvalue weighted by Crippen LogP contribution is 2.34. The maximum absolute atomic E-state index is 12.2. The fourth-order valence-electron chi connectivity index (χ4n) is 2.52. The number of hydrogen-bond donors (Lipinski definition) is 1. The zero-order valence-electron chi connectivity index (χ0n) is 12.4. The molecule has 5 nitrogen and oxygen atoms in total. The van der Waals surface area contributed by atoms with Crippen molar-refractivity contribution in [1.29, 1.82) is 0 Å². The van der Waals surface area contributed by atoms with Crippen molar-refractivity contribution in [3.8, 4) is 5.75 Å². The standard InChI is InChI=1S/C16H19NO4/c1-4-21-16(19)15-10(2)17-14(18)9-13(15)11-6-5-7-12(8-11)20-3/h5-8,13H,4,9H2,1-3H3,(H,17,18). The van der Waals surface area contributed by atoms with Crippen molar-refractivity contribution in [2.75, 3.05) is 13.7 Å². The maximum atomic E-state index is 12.2. The number of nitrogens with one attached hydrogen (secondary N) is 1. The lowest BCUT2D eigenvalue weighted by atomic mass is 9.84. The van der Waals surface area contributed by atoms with Crippen LogP contribution in [0.2, 0.25) is 0 Å². The van der Waals surface area contributed by atoms with E-state index < -0.39 is 0 Å². The minimum absolute atomic E-state index is 0.103. The van der Waals surface area contributed by atoms with E-state index in [1.54, 1.807) is 21.0 Å². The van der Waals surface area contributed by atoms with Gasteiger partial charge in [0.15, 0.2) is 0 Å². The van der Waals surface area contributed by atoms with Crippen molar-refractivity contribution in [2.45, 2.75) is 26.2 Å². The van der Waals surface area contributed by atoms with Crippen LogP contribution in [0, 0.1) is 0 Å². The Labute approximate surface area is 123 Å². The zero-order valence-corrected chi connectivity index (χ0v) is 12.4. The summed E-state index contributed by atoms with van der Waals surface area (Å²) >= 11 is 0. The smallest absolute Gasteiger partial charge is 0.336 e. The molecule has 21 heavy (non-hydrogen) atoms. The molecule has 2 rings (SSSR count). The number of esters is 1. The quantitative estimate of drug-likeness (QED) is 0.862. The number of rotatable bonds is 4. The predicted octanol–water partition coefficient (Wildman–Crippen LogP) is 2.14. The van der Waals surface area contributed by atoms with E-state index in [-0.39, 0.29) is 24.2 Å². The van der Waals surface area contributed by atoms with Gasteiger partial charge in [-0.05, 0) is 31.5 Å². The molecule has 0 saturated carbocycles. The zero-order chi connectivity index (χ0) is 15.4. The van der Waals surface area contributed by atoms with E-state index in [1.165, 1.54) is 0 Å². The molecule has 0 radical (unpaired) electrons. The Hall–Kier alpha value is -2.30. The van der Waals surface area contributed by atoms with Gasteiger partial charge in [-0.25, -0.2) is 4.79 Å². The Balaban J connectivity index is 2.44. The van der Waals surface area contributed by atoms with Gasteiger partial charge in [0.1, 0.15) is 5.75 Å². The average molecular weight is 289 g/mol. The Morgan fingerprint density at radius 1 is 1.43 bits per heavy atom. The first-order chi connectivity index (χ1) is 10.1. The number of benzene rings is 1. The highest BCUT2D eigenvalue weighted by molar-refractivity contribution is 5.95. The van der Waals surface area contributed by atoms with Crippen molar-refractivity contribution in [1.82, 2.24) is 5.32 Å². The maximum Gasteiger partial charge on any atom is 0.336 e. The molecule has 0 fully saturated rings. The van der Waals surface area contributed by atoms with E-state index in [4.69, 9.17) is 9.47 Å². The number of carbonyl (C=O) groups excluding carboxylic acids is 2. The van der Waals surface area contributed by atoms with Crippen LogP contribution in [0.1, 0.15) is 31.7 Å². The number of methoxy groups -OCH3 is 1. The minimum atomic E-state index is -0.386. The fraction of sp³-hybridized carbons (Fsp3) is 0.375. The van der Waals surface area contributed by atoms with Crippen molar-refractivity contribution in [3.05, 3.63) is 41.1 Å². The third kappa shape index (κ3) is 3.24. The lowest BCUT2D eigenvalue weighted by molar-refractivity contribution is -0.139. The molecule has 1 N–H and O–H groups in total. The fourth-order valence-corrected chi connectivity index (χ4v) is 2.52. The Morgan fingerprint density at radius 2 is 2.19 bits per heavy atom. The molecule has 1 heterocycles. The van der Waals surface area contributed by atoms with E-state index in [2.05, 4.69) is 5.32 Å². The van der Waals surface area contributed by atoms with Gasteiger partial charge in [-0.1, -0.05) is 12.1 Å². The molecule has 0 aliphatic carbocycles. The lowest BCUT2D eigenvalue weighted by Gasteiger charge is -2.26. The van der Waals surface area contributed by atoms with Gasteiger partial charge in [0.2, 0.25) is 5.91 Å². The lowest BCUT2D eigenvalue weighted by Crippen LogP contribution is -2.34. The molecule has 1 aromatic carbocycles. The van der Waals surface area contributed by atoms with Crippen LogP contribution >= 0.6 is 0 Å². The third-order valence-electron chi connectivity index (χ3n) is 3.46. The van der Waals surface area contributed by atoms with Gasteiger partial charge in [0, 0.05) is 18.0 Å². The largest absolute Gasteiger partial charge is 0.497 e. The molecule has 0 aromatic heterocycles. The summed E-state index contributed by atoms with van der Waals surface area (Å²) in [7, 11) is 1.58. The summed E-state index contributed by atoms with van der Waals surface area (Å²) in [6.45, 7) is 3.78. The van der Waals surface area contributed by atoms with Crippen molar-refractivity contribution in [3.63, 3.8) is 0 Å². The first kappa shape index (κ1) is 15.1. The summed E-state index contributed by atoms with van der Waals surface area (Å²) in [5, 5.41) is 2.71. The highest BCUT2D eigenvalue weighted by atomic mass is 16.5. The summed E-state index contributed by atoms with van der Waals surface area (Å²) in [6, 6.07) is 7.40. The van der Waals surface area contributed by atoms with Crippen LogP contribution in [0.3, 0.4) is 0 Å². The minimum Gasteiger partial charge on any atom is -0.497 e. The first-order valence-corrected chi connectivity index (χ1v) is 6.88. The van der Waals surface area contributed by atoms with Crippen molar-refractivity contribution >= 4 is 11.9 Å².